The Morgan fingerprint density at radius 2 is 2.19 bits per heavy atom. The molecule has 1 aromatic rings. The molecule has 1 aliphatic rings. The summed E-state index contributed by atoms with van der Waals surface area (Å²) in [6, 6.07) is 0. The summed E-state index contributed by atoms with van der Waals surface area (Å²) < 4.78 is 1.58. The number of nitrogens with one attached hydrogen (secondary N) is 1. The van der Waals surface area contributed by atoms with Crippen LogP contribution in [-0.2, 0) is 6.54 Å². The normalized spacial score (nSPS) is 17.5. The van der Waals surface area contributed by atoms with Crippen molar-refractivity contribution in [2.75, 3.05) is 13.1 Å². The molecule has 2 N–H and O–H groups in total. The van der Waals surface area contributed by atoms with Gasteiger partial charge < -0.3 is 10.4 Å². The van der Waals surface area contributed by atoms with Crippen LogP contribution >= 0.6 is 0 Å². The summed E-state index contributed by atoms with van der Waals surface area (Å²) in [6.45, 7) is 7.08. The molecule has 0 aromatic carbocycles. The van der Waals surface area contributed by atoms with Gasteiger partial charge in [0.15, 0.2) is 5.69 Å². The fraction of sp³-hybridized carbons (Fsp3) is 0.800. The minimum absolute atomic E-state index is 0.00192. The van der Waals surface area contributed by atoms with Gasteiger partial charge in [-0.05, 0) is 30.6 Å². The fourth-order valence-electron chi connectivity index (χ4n) is 3.50. The molecule has 1 aromatic heterocycles. The SMILES string of the molecule is CC(C)CC1(CNCCn2cc(C(=O)O)nn2)CCCC1. The number of rotatable bonds is 8. The molecule has 1 saturated carbocycles. The highest BCUT2D eigenvalue weighted by Crippen LogP contribution is 2.42. The molecule has 0 amide bonds. The molecule has 1 aliphatic carbocycles. The predicted molar refractivity (Wildman–Crippen MR) is 80.2 cm³/mol. The molecular weight excluding hydrogens is 268 g/mol. The molecule has 1 heterocycles. The highest BCUT2D eigenvalue weighted by atomic mass is 16.4. The van der Waals surface area contributed by atoms with Crippen molar-refractivity contribution in [1.82, 2.24) is 20.3 Å². The lowest BCUT2D eigenvalue weighted by Crippen LogP contribution is -2.35. The molecule has 0 spiro atoms. The average molecular weight is 294 g/mol. The number of nitrogens with zero attached hydrogens (tertiary/aromatic N) is 3. The summed E-state index contributed by atoms with van der Waals surface area (Å²) in [6.07, 6.45) is 8.10. The Morgan fingerprint density at radius 1 is 1.48 bits per heavy atom. The molecule has 0 atom stereocenters. The van der Waals surface area contributed by atoms with Gasteiger partial charge in [0, 0.05) is 13.1 Å². The van der Waals surface area contributed by atoms with Crippen molar-refractivity contribution in [3.8, 4) is 0 Å². The average Bonchev–Trinajstić information content (AvgIpc) is 3.03. The van der Waals surface area contributed by atoms with Gasteiger partial charge in [-0.15, -0.1) is 5.10 Å². The molecule has 118 valence electrons. The Morgan fingerprint density at radius 3 is 2.76 bits per heavy atom. The lowest BCUT2D eigenvalue weighted by molar-refractivity contribution is 0.0690. The zero-order chi connectivity index (χ0) is 15.3. The second kappa shape index (κ2) is 7.02. The monoisotopic (exact) mass is 294 g/mol. The van der Waals surface area contributed by atoms with Crippen molar-refractivity contribution in [2.24, 2.45) is 11.3 Å². The van der Waals surface area contributed by atoms with Crippen LogP contribution in [0.4, 0.5) is 0 Å². The first kappa shape index (κ1) is 15.9. The second-order valence-corrected chi connectivity index (χ2v) is 6.65. The molecule has 0 aliphatic heterocycles. The second-order valence-electron chi connectivity index (χ2n) is 6.65. The van der Waals surface area contributed by atoms with Gasteiger partial charge in [0.05, 0.1) is 12.7 Å². The Balaban J connectivity index is 1.76. The fourth-order valence-corrected chi connectivity index (χ4v) is 3.50. The van der Waals surface area contributed by atoms with Crippen LogP contribution in [0.25, 0.3) is 0 Å². The van der Waals surface area contributed by atoms with Crippen LogP contribution in [-0.4, -0.2) is 39.2 Å². The lowest BCUT2D eigenvalue weighted by Gasteiger charge is -2.31. The number of aromatic nitrogens is 3. The quantitative estimate of drug-likeness (QED) is 0.718. The summed E-state index contributed by atoms with van der Waals surface area (Å²) in [5.74, 6) is -0.297. The first-order valence-electron chi connectivity index (χ1n) is 7.85. The first-order chi connectivity index (χ1) is 10.0. The third kappa shape index (κ3) is 4.52. The van der Waals surface area contributed by atoms with Gasteiger partial charge in [-0.25, -0.2) is 4.79 Å². The minimum atomic E-state index is -1.03. The zero-order valence-electron chi connectivity index (χ0n) is 13.0. The van der Waals surface area contributed by atoms with E-state index in [4.69, 9.17) is 5.11 Å². The molecule has 6 heteroatoms. The van der Waals surface area contributed by atoms with Crippen molar-refractivity contribution < 1.29 is 9.90 Å². The van der Waals surface area contributed by atoms with Gasteiger partial charge in [0.2, 0.25) is 0 Å². The standard InChI is InChI=1S/C15H26N4O2/c1-12(2)9-15(5-3-4-6-15)11-16-7-8-19-10-13(14(20)21)17-18-19/h10,12,16H,3-9,11H2,1-2H3,(H,20,21). The van der Waals surface area contributed by atoms with Gasteiger partial charge >= 0.3 is 5.97 Å². The van der Waals surface area contributed by atoms with Crippen molar-refractivity contribution in [2.45, 2.75) is 52.5 Å². The molecular formula is C15H26N4O2. The number of aromatic carboxylic acids is 1. The number of hydrogen-bond donors (Lipinski definition) is 2. The minimum Gasteiger partial charge on any atom is -0.476 e. The molecule has 0 unspecified atom stereocenters. The summed E-state index contributed by atoms with van der Waals surface area (Å²) in [4.78, 5) is 10.7. The van der Waals surface area contributed by atoms with Crippen molar-refractivity contribution in [3.05, 3.63) is 11.9 Å². The van der Waals surface area contributed by atoms with E-state index in [0.717, 1.165) is 19.0 Å². The van der Waals surface area contributed by atoms with E-state index in [0.29, 0.717) is 12.0 Å². The van der Waals surface area contributed by atoms with Crippen molar-refractivity contribution in [3.63, 3.8) is 0 Å². The number of carboxylic acids is 1. The number of hydrogen-bond acceptors (Lipinski definition) is 4. The summed E-state index contributed by atoms with van der Waals surface area (Å²) >= 11 is 0. The van der Waals surface area contributed by atoms with Crippen LogP contribution < -0.4 is 5.32 Å². The smallest absolute Gasteiger partial charge is 0.358 e. The summed E-state index contributed by atoms with van der Waals surface area (Å²) in [5, 5.41) is 19.8. The number of carboxylic acid groups (broad SMARTS) is 1. The van der Waals surface area contributed by atoms with Gasteiger partial charge in [-0.1, -0.05) is 31.9 Å². The van der Waals surface area contributed by atoms with Gasteiger partial charge in [0.25, 0.3) is 0 Å². The van der Waals surface area contributed by atoms with Gasteiger partial charge in [-0.2, -0.15) is 0 Å². The van der Waals surface area contributed by atoms with Crippen LogP contribution in [0.1, 0.15) is 56.4 Å². The molecule has 21 heavy (non-hydrogen) atoms. The topological polar surface area (TPSA) is 80.0 Å². The van der Waals surface area contributed by atoms with Gasteiger partial charge in [0.1, 0.15) is 0 Å². The molecule has 0 radical (unpaired) electrons. The van der Waals surface area contributed by atoms with E-state index in [2.05, 4.69) is 29.5 Å². The Hall–Kier alpha value is -1.43. The molecule has 0 bridgehead atoms. The van der Waals surface area contributed by atoms with E-state index in [9.17, 15) is 4.79 Å². The summed E-state index contributed by atoms with van der Waals surface area (Å²) in [7, 11) is 0. The molecule has 2 rings (SSSR count). The molecule has 1 fully saturated rings. The van der Waals surface area contributed by atoms with Crippen LogP contribution in [0.2, 0.25) is 0 Å². The third-order valence-corrected chi connectivity index (χ3v) is 4.28. The van der Waals surface area contributed by atoms with E-state index in [1.807, 2.05) is 0 Å². The molecule has 6 nitrogen and oxygen atoms in total. The first-order valence-corrected chi connectivity index (χ1v) is 7.85. The van der Waals surface area contributed by atoms with E-state index in [1.165, 1.54) is 38.3 Å². The third-order valence-electron chi connectivity index (χ3n) is 4.28. The number of carbonyl (C=O) groups is 1. The highest BCUT2D eigenvalue weighted by molar-refractivity contribution is 5.84. The lowest BCUT2D eigenvalue weighted by atomic mass is 9.78. The highest BCUT2D eigenvalue weighted by Gasteiger charge is 2.33. The van der Waals surface area contributed by atoms with E-state index in [-0.39, 0.29) is 5.69 Å². The maximum absolute atomic E-state index is 10.7. The maximum Gasteiger partial charge on any atom is 0.358 e. The summed E-state index contributed by atoms with van der Waals surface area (Å²) in [5.41, 5.74) is 0.463. The van der Waals surface area contributed by atoms with E-state index >= 15 is 0 Å². The van der Waals surface area contributed by atoms with Crippen LogP contribution in [0.15, 0.2) is 6.20 Å². The Bertz CT molecular complexity index is 464. The Labute approximate surface area is 125 Å². The Kier molecular flexibility index (Phi) is 5.33. The van der Waals surface area contributed by atoms with E-state index in [1.54, 1.807) is 4.68 Å². The largest absolute Gasteiger partial charge is 0.476 e. The predicted octanol–water partition coefficient (Wildman–Crippen LogP) is 2.17. The van der Waals surface area contributed by atoms with Crippen LogP contribution in [0, 0.1) is 11.3 Å². The van der Waals surface area contributed by atoms with Gasteiger partial charge in [-0.3, -0.25) is 4.68 Å². The molecule has 0 saturated heterocycles. The van der Waals surface area contributed by atoms with Crippen molar-refractivity contribution >= 4 is 5.97 Å². The zero-order valence-corrected chi connectivity index (χ0v) is 13.0. The van der Waals surface area contributed by atoms with Crippen LogP contribution in [0.3, 0.4) is 0 Å². The van der Waals surface area contributed by atoms with Crippen molar-refractivity contribution in [1.29, 1.82) is 0 Å². The van der Waals surface area contributed by atoms with E-state index < -0.39 is 5.97 Å². The maximum atomic E-state index is 10.7. The van der Waals surface area contributed by atoms with Crippen LogP contribution in [0.5, 0.6) is 0 Å².